The van der Waals surface area contributed by atoms with E-state index in [0.29, 0.717) is 30.5 Å². The molecule has 2 atom stereocenters. The molecule has 3 rings (SSSR count). The Morgan fingerprint density at radius 2 is 2.05 bits per heavy atom. The minimum atomic E-state index is 0.319. The van der Waals surface area contributed by atoms with Gasteiger partial charge in [0.2, 0.25) is 5.91 Å². The number of H-pyrrole nitrogens is 1. The van der Waals surface area contributed by atoms with Crippen molar-refractivity contribution < 1.29 is 4.79 Å². The molecule has 4 heteroatoms. The second-order valence-corrected chi connectivity index (χ2v) is 6.42. The monoisotopic (exact) mass is 275 g/mol. The number of aromatic nitrogens is 1. The zero-order valence-electron chi connectivity index (χ0n) is 12.5. The van der Waals surface area contributed by atoms with Crippen molar-refractivity contribution >= 4 is 5.91 Å². The van der Waals surface area contributed by atoms with E-state index in [2.05, 4.69) is 28.6 Å². The number of nitrogens with zero attached hydrogens (tertiary/aromatic N) is 2. The molecule has 1 aromatic rings. The number of aromatic amines is 1. The summed E-state index contributed by atoms with van der Waals surface area (Å²) in [5.74, 6) is 0.319. The molecule has 1 aromatic heterocycles. The van der Waals surface area contributed by atoms with Crippen LogP contribution in [0.15, 0.2) is 18.3 Å². The molecule has 1 amide bonds. The summed E-state index contributed by atoms with van der Waals surface area (Å²) >= 11 is 0. The van der Waals surface area contributed by atoms with Crippen molar-refractivity contribution in [1.29, 1.82) is 0 Å². The van der Waals surface area contributed by atoms with Gasteiger partial charge in [-0.15, -0.1) is 0 Å². The number of aryl methyl sites for hydroxylation is 1. The number of carbonyl (C=O) groups excluding carboxylic acids is 1. The third-order valence-electron chi connectivity index (χ3n) is 4.76. The van der Waals surface area contributed by atoms with Gasteiger partial charge in [-0.3, -0.25) is 9.69 Å². The average Bonchev–Trinajstić information content (AvgIpc) is 3.02. The van der Waals surface area contributed by atoms with Gasteiger partial charge in [-0.1, -0.05) is 0 Å². The fourth-order valence-electron chi connectivity index (χ4n) is 3.91. The van der Waals surface area contributed by atoms with Crippen LogP contribution >= 0.6 is 0 Å². The molecule has 110 valence electrons. The number of nitrogens with one attached hydrogen (secondary N) is 1. The number of carbonyl (C=O) groups is 1. The zero-order chi connectivity index (χ0) is 14.1. The number of hydrogen-bond acceptors (Lipinski definition) is 2. The number of hydrogen-bond donors (Lipinski definition) is 1. The minimum absolute atomic E-state index is 0.319. The van der Waals surface area contributed by atoms with Gasteiger partial charge >= 0.3 is 0 Å². The molecule has 2 saturated heterocycles. The molecule has 0 spiro atoms. The van der Waals surface area contributed by atoms with Gasteiger partial charge in [0.25, 0.3) is 0 Å². The fourth-order valence-corrected chi connectivity index (χ4v) is 3.91. The zero-order valence-corrected chi connectivity index (χ0v) is 12.5. The van der Waals surface area contributed by atoms with Crippen molar-refractivity contribution in [2.75, 3.05) is 13.1 Å². The molecule has 2 aliphatic heterocycles. The minimum Gasteiger partial charge on any atom is -0.365 e. The molecule has 0 saturated carbocycles. The molecule has 4 nitrogen and oxygen atoms in total. The largest absolute Gasteiger partial charge is 0.365 e. The summed E-state index contributed by atoms with van der Waals surface area (Å²) in [6, 6.07) is 5.81. The van der Waals surface area contributed by atoms with Gasteiger partial charge in [0.05, 0.1) is 0 Å². The number of fused-ring (bicyclic) bond motifs is 2. The van der Waals surface area contributed by atoms with E-state index >= 15 is 0 Å². The maximum absolute atomic E-state index is 12.4. The lowest BCUT2D eigenvalue weighted by molar-refractivity contribution is -0.135. The number of piperazine rings is 1. The molecule has 2 unspecified atom stereocenters. The van der Waals surface area contributed by atoms with Crippen LogP contribution in [0, 0.1) is 0 Å². The Hall–Kier alpha value is -1.29. The highest BCUT2D eigenvalue weighted by Crippen LogP contribution is 2.32. The predicted octanol–water partition coefficient (Wildman–Crippen LogP) is 2.03. The number of likely N-dealkylation sites (tertiary alicyclic amines) is 1. The average molecular weight is 275 g/mol. The summed E-state index contributed by atoms with van der Waals surface area (Å²) in [7, 11) is 0. The quantitative estimate of drug-likeness (QED) is 0.913. The second kappa shape index (κ2) is 5.60. The number of amides is 1. The summed E-state index contributed by atoms with van der Waals surface area (Å²) in [6.45, 7) is 6.40. The van der Waals surface area contributed by atoms with Crippen molar-refractivity contribution in [2.24, 2.45) is 0 Å². The molecule has 0 aliphatic carbocycles. The first kappa shape index (κ1) is 13.7. The Morgan fingerprint density at radius 1 is 1.35 bits per heavy atom. The molecule has 1 N–H and O–H groups in total. The predicted molar refractivity (Wildman–Crippen MR) is 79.5 cm³/mol. The Bertz CT molecular complexity index is 440. The van der Waals surface area contributed by atoms with Gasteiger partial charge in [0, 0.05) is 49.5 Å². The Labute approximate surface area is 121 Å². The van der Waals surface area contributed by atoms with Crippen LogP contribution in [0.1, 0.15) is 38.8 Å². The van der Waals surface area contributed by atoms with E-state index in [4.69, 9.17) is 0 Å². The van der Waals surface area contributed by atoms with Crippen LogP contribution in [0.2, 0.25) is 0 Å². The van der Waals surface area contributed by atoms with Gasteiger partial charge in [0.1, 0.15) is 0 Å². The van der Waals surface area contributed by atoms with Crippen molar-refractivity contribution in [1.82, 2.24) is 14.8 Å². The molecule has 3 heterocycles. The Kier molecular flexibility index (Phi) is 3.83. The van der Waals surface area contributed by atoms with Gasteiger partial charge in [-0.2, -0.15) is 0 Å². The maximum atomic E-state index is 12.4. The fraction of sp³-hybridized carbons (Fsp3) is 0.688. The second-order valence-electron chi connectivity index (χ2n) is 6.42. The highest BCUT2D eigenvalue weighted by Gasteiger charge is 2.41. The first-order valence-corrected chi connectivity index (χ1v) is 7.82. The van der Waals surface area contributed by atoms with Crippen molar-refractivity contribution in [3.05, 3.63) is 24.0 Å². The number of rotatable bonds is 4. The van der Waals surface area contributed by atoms with E-state index in [1.54, 1.807) is 0 Å². The molecule has 2 fully saturated rings. The summed E-state index contributed by atoms with van der Waals surface area (Å²) in [6.07, 6.45) is 5.88. The first-order chi connectivity index (χ1) is 9.65. The third kappa shape index (κ3) is 2.62. The topological polar surface area (TPSA) is 39.3 Å². The SMILES string of the molecule is CC(C)N1C2CCC1CN(C(=O)CCc1ccc[nH]1)C2. The highest BCUT2D eigenvalue weighted by atomic mass is 16.2. The van der Waals surface area contributed by atoms with Crippen molar-refractivity contribution in [2.45, 2.75) is 57.7 Å². The van der Waals surface area contributed by atoms with E-state index in [-0.39, 0.29) is 0 Å². The van der Waals surface area contributed by atoms with E-state index in [9.17, 15) is 4.79 Å². The van der Waals surface area contributed by atoms with Crippen LogP contribution in [-0.4, -0.2) is 51.9 Å². The van der Waals surface area contributed by atoms with Gasteiger partial charge < -0.3 is 9.88 Å². The van der Waals surface area contributed by atoms with Gasteiger partial charge in [0.15, 0.2) is 0 Å². The summed E-state index contributed by atoms with van der Waals surface area (Å²) in [5.41, 5.74) is 1.15. The van der Waals surface area contributed by atoms with E-state index < -0.39 is 0 Å². The lowest BCUT2D eigenvalue weighted by Gasteiger charge is -2.43. The third-order valence-corrected chi connectivity index (χ3v) is 4.76. The van der Waals surface area contributed by atoms with E-state index in [1.165, 1.54) is 12.8 Å². The van der Waals surface area contributed by atoms with Crippen LogP contribution in [0.4, 0.5) is 0 Å². The van der Waals surface area contributed by atoms with Crippen LogP contribution in [-0.2, 0) is 11.2 Å². The summed E-state index contributed by atoms with van der Waals surface area (Å²) < 4.78 is 0. The highest BCUT2D eigenvalue weighted by molar-refractivity contribution is 5.76. The first-order valence-electron chi connectivity index (χ1n) is 7.82. The molecule has 2 aliphatic rings. The Balaban J connectivity index is 1.56. The lowest BCUT2D eigenvalue weighted by Crippen LogP contribution is -2.57. The van der Waals surface area contributed by atoms with Crippen LogP contribution in [0.25, 0.3) is 0 Å². The molecular weight excluding hydrogens is 250 g/mol. The summed E-state index contributed by atoms with van der Waals surface area (Å²) in [5, 5.41) is 0. The lowest BCUT2D eigenvalue weighted by atomic mass is 10.1. The molecule has 0 aromatic carbocycles. The van der Waals surface area contributed by atoms with Crippen molar-refractivity contribution in [3.8, 4) is 0 Å². The van der Waals surface area contributed by atoms with E-state index in [1.807, 2.05) is 18.3 Å². The molecule has 2 bridgehead atoms. The van der Waals surface area contributed by atoms with Gasteiger partial charge in [-0.25, -0.2) is 0 Å². The Morgan fingerprint density at radius 3 is 2.60 bits per heavy atom. The standard InChI is InChI=1S/C16H25N3O/c1-12(2)19-14-6-7-15(19)11-18(10-14)16(20)8-5-13-4-3-9-17-13/h3-4,9,12,14-15,17H,5-8,10-11H2,1-2H3. The summed E-state index contributed by atoms with van der Waals surface area (Å²) in [4.78, 5) is 20.3. The maximum Gasteiger partial charge on any atom is 0.223 e. The van der Waals surface area contributed by atoms with Crippen molar-refractivity contribution in [3.63, 3.8) is 0 Å². The van der Waals surface area contributed by atoms with Crippen LogP contribution in [0.3, 0.4) is 0 Å². The normalized spacial score (nSPS) is 26.4. The smallest absolute Gasteiger partial charge is 0.223 e. The van der Waals surface area contributed by atoms with Crippen LogP contribution < -0.4 is 0 Å². The van der Waals surface area contributed by atoms with Crippen LogP contribution in [0.5, 0.6) is 0 Å². The molecule has 20 heavy (non-hydrogen) atoms. The molecular formula is C16H25N3O. The van der Waals surface area contributed by atoms with E-state index in [0.717, 1.165) is 25.2 Å². The van der Waals surface area contributed by atoms with Gasteiger partial charge in [-0.05, 0) is 45.2 Å². The molecule has 0 radical (unpaired) electrons.